The van der Waals surface area contributed by atoms with E-state index in [0.717, 1.165) is 24.3 Å². The Hall–Kier alpha value is -3.88. The van der Waals surface area contributed by atoms with Crippen LogP contribution in [0.5, 0.6) is 5.75 Å². The molecule has 0 unspecified atom stereocenters. The second-order valence-electron chi connectivity index (χ2n) is 8.24. The summed E-state index contributed by atoms with van der Waals surface area (Å²) in [6.45, 7) is 1.82. The Balaban J connectivity index is 1.56. The number of hydrogen-bond donors (Lipinski definition) is 0. The second kappa shape index (κ2) is 10.2. The first-order valence-electron chi connectivity index (χ1n) is 11.1. The van der Waals surface area contributed by atoms with Crippen LogP contribution in [0.4, 0.5) is 35.1 Å². The Labute approximate surface area is 207 Å². The van der Waals surface area contributed by atoms with E-state index >= 15 is 0 Å². The molecule has 0 bridgehead atoms. The monoisotopic (exact) mass is 522 g/mol. The molecule has 0 heterocycles. The molecule has 0 fully saturated rings. The molecule has 0 N–H and O–H groups in total. The quantitative estimate of drug-likeness (QED) is 0.174. The van der Waals surface area contributed by atoms with Crippen molar-refractivity contribution in [2.45, 2.75) is 25.9 Å². The van der Waals surface area contributed by atoms with Gasteiger partial charge in [-0.15, -0.1) is 0 Å². The first kappa shape index (κ1) is 26.2. The lowest BCUT2D eigenvalue weighted by molar-refractivity contribution is -0.185. The van der Waals surface area contributed by atoms with E-state index in [1.807, 2.05) is 6.92 Å². The molecule has 0 saturated heterocycles. The van der Waals surface area contributed by atoms with Gasteiger partial charge in [-0.2, -0.15) is 8.78 Å². The molecule has 0 spiro atoms. The molecule has 192 valence electrons. The highest BCUT2D eigenvalue weighted by atomic mass is 19.3. The number of benzene rings is 4. The fourth-order valence-electron chi connectivity index (χ4n) is 3.83. The minimum Gasteiger partial charge on any atom is -0.429 e. The molecule has 0 aromatic heterocycles. The zero-order valence-electron chi connectivity index (χ0n) is 19.2. The average molecular weight is 522 g/mol. The minimum atomic E-state index is -3.95. The van der Waals surface area contributed by atoms with Crippen LogP contribution < -0.4 is 4.74 Å². The van der Waals surface area contributed by atoms with E-state index in [4.69, 9.17) is 0 Å². The Morgan fingerprint density at radius 3 is 1.84 bits per heavy atom. The molecule has 0 aliphatic carbocycles. The summed E-state index contributed by atoms with van der Waals surface area (Å²) in [6.07, 6.45) is -2.98. The lowest BCUT2D eigenvalue weighted by atomic mass is 9.99. The minimum absolute atomic E-state index is 0.0977. The molecule has 0 radical (unpaired) electrons. The summed E-state index contributed by atoms with van der Waals surface area (Å²) in [7, 11) is 0. The highest BCUT2D eigenvalue weighted by Crippen LogP contribution is 2.36. The van der Waals surface area contributed by atoms with Crippen LogP contribution in [0.2, 0.25) is 0 Å². The van der Waals surface area contributed by atoms with Gasteiger partial charge >= 0.3 is 6.11 Å². The van der Waals surface area contributed by atoms with Gasteiger partial charge in [-0.3, -0.25) is 0 Å². The number of hydrogen-bond acceptors (Lipinski definition) is 1. The number of rotatable bonds is 7. The number of aryl methyl sites for hydroxylation is 1. The van der Waals surface area contributed by atoms with Gasteiger partial charge in [0.25, 0.3) is 0 Å². The lowest BCUT2D eigenvalue weighted by Crippen LogP contribution is -2.21. The summed E-state index contributed by atoms with van der Waals surface area (Å²) in [4.78, 5) is 0. The van der Waals surface area contributed by atoms with Crippen LogP contribution in [0.1, 0.15) is 24.5 Å². The number of halogens is 8. The van der Waals surface area contributed by atoms with Gasteiger partial charge in [0.1, 0.15) is 11.6 Å². The van der Waals surface area contributed by atoms with E-state index in [1.54, 1.807) is 0 Å². The van der Waals surface area contributed by atoms with E-state index in [9.17, 15) is 35.1 Å². The summed E-state index contributed by atoms with van der Waals surface area (Å²) >= 11 is 0. The Kier molecular flexibility index (Phi) is 7.25. The Bertz CT molecular complexity index is 1420. The zero-order chi connectivity index (χ0) is 26.9. The van der Waals surface area contributed by atoms with E-state index in [0.29, 0.717) is 31.0 Å². The highest BCUT2D eigenvalue weighted by Gasteiger charge is 2.35. The van der Waals surface area contributed by atoms with Gasteiger partial charge in [0, 0.05) is 17.2 Å². The van der Waals surface area contributed by atoms with Crippen molar-refractivity contribution < 1.29 is 39.9 Å². The molecule has 4 rings (SSSR count). The molecule has 0 amide bonds. The third-order valence-corrected chi connectivity index (χ3v) is 5.70. The summed E-state index contributed by atoms with van der Waals surface area (Å²) in [6, 6.07) is 10.7. The van der Waals surface area contributed by atoms with Crippen molar-refractivity contribution in [2.24, 2.45) is 0 Å². The molecule has 0 aliphatic rings. The van der Waals surface area contributed by atoms with Gasteiger partial charge in [0.05, 0.1) is 5.56 Å². The lowest BCUT2D eigenvalue weighted by Gasteiger charge is -2.19. The highest BCUT2D eigenvalue weighted by molar-refractivity contribution is 5.66. The average Bonchev–Trinajstić information content (AvgIpc) is 2.85. The first-order valence-corrected chi connectivity index (χ1v) is 11.1. The van der Waals surface area contributed by atoms with Gasteiger partial charge in [-0.05, 0) is 59.5 Å². The van der Waals surface area contributed by atoms with Crippen molar-refractivity contribution in [3.63, 3.8) is 0 Å². The van der Waals surface area contributed by atoms with Gasteiger partial charge in [-0.1, -0.05) is 37.6 Å². The maximum Gasteiger partial charge on any atom is 0.426 e. The van der Waals surface area contributed by atoms with Crippen molar-refractivity contribution in [1.29, 1.82) is 0 Å². The number of ether oxygens (including phenoxy) is 1. The van der Waals surface area contributed by atoms with Crippen LogP contribution in [0.3, 0.4) is 0 Å². The van der Waals surface area contributed by atoms with E-state index in [1.165, 1.54) is 24.3 Å². The molecule has 0 aliphatic heterocycles. The summed E-state index contributed by atoms with van der Waals surface area (Å²) < 4.78 is 118. The topological polar surface area (TPSA) is 9.23 Å². The summed E-state index contributed by atoms with van der Waals surface area (Å²) in [5.41, 5.74) is -1.07. The van der Waals surface area contributed by atoms with Gasteiger partial charge < -0.3 is 4.74 Å². The SMILES string of the molecule is CCCc1ccc(-c2ccc(C(F)(F)Oc3ccc(-c4cc(F)c(F)c(F)c4)c(F)c3)cc2)c(F)c1F. The molecular weight excluding hydrogens is 504 g/mol. The normalized spacial score (nSPS) is 11.6. The maximum absolute atomic E-state index is 14.7. The predicted molar refractivity (Wildman–Crippen MR) is 122 cm³/mol. The Morgan fingerprint density at radius 1 is 0.622 bits per heavy atom. The van der Waals surface area contributed by atoms with Gasteiger partial charge in [0.2, 0.25) is 0 Å². The molecule has 0 atom stereocenters. The van der Waals surface area contributed by atoms with E-state index < -0.39 is 52.3 Å². The fraction of sp³-hybridized carbons (Fsp3) is 0.143. The van der Waals surface area contributed by atoms with Crippen LogP contribution in [0.25, 0.3) is 22.3 Å². The fourth-order valence-corrected chi connectivity index (χ4v) is 3.83. The second-order valence-corrected chi connectivity index (χ2v) is 8.24. The maximum atomic E-state index is 14.7. The van der Waals surface area contributed by atoms with Crippen molar-refractivity contribution in [1.82, 2.24) is 0 Å². The van der Waals surface area contributed by atoms with Gasteiger partial charge in [0.15, 0.2) is 29.1 Å². The molecule has 37 heavy (non-hydrogen) atoms. The molecular formula is C28H18F8O. The molecule has 4 aromatic carbocycles. The first-order chi connectivity index (χ1) is 17.5. The number of alkyl halides is 2. The van der Waals surface area contributed by atoms with Crippen molar-refractivity contribution in [2.75, 3.05) is 0 Å². The largest absolute Gasteiger partial charge is 0.429 e. The molecule has 9 heteroatoms. The third-order valence-electron chi connectivity index (χ3n) is 5.70. The van der Waals surface area contributed by atoms with E-state index in [-0.39, 0.29) is 27.8 Å². The predicted octanol–water partition coefficient (Wildman–Crippen LogP) is 8.94. The van der Waals surface area contributed by atoms with Crippen LogP contribution >= 0.6 is 0 Å². The van der Waals surface area contributed by atoms with Crippen LogP contribution in [0, 0.1) is 34.9 Å². The van der Waals surface area contributed by atoms with E-state index in [2.05, 4.69) is 4.74 Å². The van der Waals surface area contributed by atoms with Crippen LogP contribution in [-0.4, -0.2) is 0 Å². The van der Waals surface area contributed by atoms with Crippen molar-refractivity contribution >= 4 is 0 Å². The van der Waals surface area contributed by atoms with Crippen LogP contribution in [-0.2, 0) is 12.5 Å². The molecule has 0 saturated carbocycles. The zero-order valence-corrected chi connectivity index (χ0v) is 19.2. The molecule has 1 nitrogen and oxygen atoms in total. The van der Waals surface area contributed by atoms with Gasteiger partial charge in [-0.25, -0.2) is 26.3 Å². The smallest absolute Gasteiger partial charge is 0.426 e. The summed E-state index contributed by atoms with van der Waals surface area (Å²) in [5, 5.41) is 0. The van der Waals surface area contributed by atoms with Crippen LogP contribution in [0.15, 0.2) is 66.7 Å². The Morgan fingerprint density at radius 2 is 1.24 bits per heavy atom. The molecule has 4 aromatic rings. The third kappa shape index (κ3) is 5.30. The standard InChI is InChI=1S/C28H18F8O/c1-2-3-16-6-10-21(26(33)25(16)32)15-4-7-18(8-5-15)28(35,36)37-19-9-11-20(22(29)14-19)17-12-23(30)27(34)24(31)13-17/h4-14H,2-3H2,1H3. The summed E-state index contributed by atoms with van der Waals surface area (Å²) in [5.74, 6) is -8.62. The van der Waals surface area contributed by atoms with Crippen molar-refractivity contribution in [3.8, 4) is 28.0 Å². The van der Waals surface area contributed by atoms with Crippen molar-refractivity contribution in [3.05, 3.63) is 113 Å².